The lowest BCUT2D eigenvalue weighted by molar-refractivity contribution is -0.147. The van der Waals surface area contributed by atoms with E-state index in [0.29, 0.717) is 12.2 Å². The average Bonchev–Trinajstić information content (AvgIpc) is 3.15. The first kappa shape index (κ1) is 25.6. The lowest BCUT2D eigenvalue weighted by Crippen LogP contribution is -2.25. The summed E-state index contributed by atoms with van der Waals surface area (Å²) in [7, 11) is 0. The highest BCUT2D eigenvalue weighted by molar-refractivity contribution is 5.87. The Hall–Kier alpha value is -2.45. The molecule has 1 aliphatic rings. The second-order valence-electron chi connectivity index (χ2n) is 6.43. The summed E-state index contributed by atoms with van der Waals surface area (Å²) in [5.41, 5.74) is 0.922. The molecule has 0 saturated carbocycles. The van der Waals surface area contributed by atoms with E-state index < -0.39 is 18.0 Å². The number of aliphatic hydroxyl groups is 1. The summed E-state index contributed by atoms with van der Waals surface area (Å²) in [6, 6.07) is 0. The van der Waals surface area contributed by atoms with Crippen LogP contribution in [0.2, 0.25) is 0 Å². The van der Waals surface area contributed by atoms with E-state index in [1.807, 2.05) is 0 Å². The molecule has 1 saturated heterocycles. The minimum Gasteiger partial charge on any atom is -0.460 e. The molecule has 0 spiro atoms. The zero-order chi connectivity index (χ0) is 21.7. The van der Waals surface area contributed by atoms with Crippen LogP contribution in [0.1, 0.15) is 33.6 Å². The van der Waals surface area contributed by atoms with Gasteiger partial charge >= 0.3 is 17.9 Å². The van der Waals surface area contributed by atoms with Crippen molar-refractivity contribution >= 4 is 17.9 Å². The first-order valence-electron chi connectivity index (χ1n) is 8.82. The topological polar surface area (TPSA) is 108 Å². The number of carbonyl (C=O) groups excluding carboxylic acids is 3. The summed E-state index contributed by atoms with van der Waals surface area (Å²) in [6.07, 6.45) is 1.11. The summed E-state index contributed by atoms with van der Waals surface area (Å²) in [5.74, 6) is -1.51. The van der Waals surface area contributed by atoms with Gasteiger partial charge < -0.3 is 24.1 Å². The molecule has 0 aromatic heterocycles. The second kappa shape index (κ2) is 13.7. The van der Waals surface area contributed by atoms with Gasteiger partial charge in [-0.05, 0) is 33.6 Å². The molecule has 0 radical (unpaired) electrons. The number of hydrogen-bond acceptors (Lipinski definition) is 8. The highest BCUT2D eigenvalue weighted by Crippen LogP contribution is 2.12. The van der Waals surface area contributed by atoms with Crippen molar-refractivity contribution in [2.24, 2.45) is 0 Å². The minimum absolute atomic E-state index is 0.105. The summed E-state index contributed by atoms with van der Waals surface area (Å²) in [6.45, 7) is 15.5. The summed E-state index contributed by atoms with van der Waals surface area (Å²) < 4.78 is 19.5. The third kappa shape index (κ3) is 12.0. The molecule has 0 aliphatic carbocycles. The maximum atomic E-state index is 10.9. The summed E-state index contributed by atoms with van der Waals surface area (Å²) in [5, 5.41) is 9.30. The van der Waals surface area contributed by atoms with E-state index in [0.717, 1.165) is 19.4 Å². The fourth-order valence-corrected chi connectivity index (χ4v) is 1.71. The van der Waals surface area contributed by atoms with E-state index in [1.54, 1.807) is 6.92 Å². The Morgan fingerprint density at radius 1 is 0.929 bits per heavy atom. The molecule has 0 aromatic carbocycles. The molecule has 1 aliphatic heterocycles. The van der Waals surface area contributed by atoms with E-state index in [-0.39, 0.29) is 36.4 Å². The van der Waals surface area contributed by atoms with Crippen molar-refractivity contribution in [2.75, 3.05) is 26.4 Å². The smallest absolute Gasteiger partial charge is 0.333 e. The highest BCUT2D eigenvalue weighted by atomic mass is 16.6. The molecule has 158 valence electrons. The monoisotopic (exact) mass is 398 g/mol. The lowest BCUT2D eigenvalue weighted by atomic mass is 10.2. The normalized spacial score (nSPS) is 15.1. The van der Waals surface area contributed by atoms with Gasteiger partial charge in [0.05, 0.1) is 6.10 Å². The van der Waals surface area contributed by atoms with Crippen molar-refractivity contribution in [3.63, 3.8) is 0 Å². The minimum atomic E-state index is -1.05. The van der Waals surface area contributed by atoms with Gasteiger partial charge in [-0.2, -0.15) is 0 Å². The van der Waals surface area contributed by atoms with E-state index in [9.17, 15) is 19.5 Å². The van der Waals surface area contributed by atoms with Gasteiger partial charge in [-0.1, -0.05) is 19.7 Å². The zero-order valence-electron chi connectivity index (χ0n) is 16.8. The van der Waals surface area contributed by atoms with Crippen LogP contribution in [0.25, 0.3) is 0 Å². The van der Waals surface area contributed by atoms with Crippen LogP contribution in [-0.4, -0.2) is 61.6 Å². The van der Waals surface area contributed by atoms with Crippen molar-refractivity contribution < 1.29 is 38.4 Å². The molecule has 8 heteroatoms. The molecular formula is C20H30O8. The summed E-state index contributed by atoms with van der Waals surface area (Å²) in [4.78, 5) is 32.8. The van der Waals surface area contributed by atoms with Crippen molar-refractivity contribution in [3.8, 4) is 0 Å². The molecular weight excluding hydrogens is 368 g/mol. The van der Waals surface area contributed by atoms with Crippen LogP contribution in [-0.2, 0) is 33.3 Å². The number of esters is 3. The van der Waals surface area contributed by atoms with Gasteiger partial charge in [0.15, 0.2) is 0 Å². The number of rotatable bonds is 9. The molecule has 1 rings (SSSR count). The van der Waals surface area contributed by atoms with E-state index in [2.05, 4.69) is 29.2 Å². The summed E-state index contributed by atoms with van der Waals surface area (Å²) >= 11 is 0. The molecule has 8 nitrogen and oxygen atoms in total. The SMILES string of the molecule is C=C(C)C(=O)OCC(O)COC(=O)C(=C)C.C=C(C)C(=O)OCC1CCCO1. The molecule has 28 heavy (non-hydrogen) atoms. The fourth-order valence-electron chi connectivity index (χ4n) is 1.71. The first-order valence-corrected chi connectivity index (χ1v) is 8.82. The Balaban J connectivity index is 0.000000540. The molecule has 0 amide bonds. The van der Waals surface area contributed by atoms with Crippen LogP contribution in [0, 0.1) is 0 Å². The molecule has 0 aromatic rings. The van der Waals surface area contributed by atoms with Gasteiger partial charge in [0.2, 0.25) is 0 Å². The molecule has 1 atom stereocenters. The molecule has 1 N–H and O–H groups in total. The predicted octanol–water partition coefficient (Wildman–Crippen LogP) is 1.87. The Bertz CT molecular complexity index is 557. The highest BCUT2D eigenvalue weighted by Gasteiger charge is 2.17. The Morgan fingerprint density at radius 2 is 1.36 bits per heavy atom. The standard InChI is InChI=1S/C11H16O5.C9H14O3/c1-7(2)10(13)15-5-9(12)6-16-11(14)8(3)4;1-7(2)9(10)12-6-8-4-3-5-11-8/h9,12H,1,3,5-6H2,2,4H3;8H,1,3-6H2,2H3. The number of ether oxygens (including phenoxy) is 4. The maximum absolute atomic E-state index is 10.9. The lowest BCUT2D eigenvalue weighted by Gasteiger charge is -2.11. The van der Waals surface area contributed by atoms with E-state index >= 15 is 0 Å². The number of hydrogen-bond donors (Lipinski definition) is 1. The Kier molecular flexibility index (Phi) is 12.5. The second-order valence-corrected chi connectivity index (χ2v) is 6.43. The predicted molar refractivity (Wildman–Crippen MR) is 102 cm³/mol. The van der Waals surface area contributed by atoms with Crippen molar-refractivity contribution in [3.05, 3.63) is 36.5 Å². The van der Waals surface area contributed by atoms with E-state index in [4.69, 9.17) is 9.47 Å². The fraction of sp³-hybridized carbons (Fsp3) is 0.550. The molecule has 1 unspecified atom stereocenters. The van der Waals surface area contributed by atoms with Crippen LogP contribution in [0.3, 0.4) is 0 Å². The molecule has 0 bridgehead atoms. The Morgan fingerprint density at radius 3 is 1.71 bits per heavy atom. The third-order valence-corrected chi connectivity index (χ3v) is 3.28. The third-order valence-electron chi connectivity index (χ3n) is 3.28. The van der Waals surface area contributed by atoms with Crippen LogP contribution in [0.15, 0.2) is 36.5 Å². The first-order chi connectivity index (χ1) is 13.0. The van der Waals surface area contributed by atoms with Gasteiger partial charge in [0.25, 0.3) is 0 Å². The van der Waals surface area contributed by atoms with Crippen LogP contribution < -0.4 is 0 Å². The van der Waals surface area contributed by atoms with Gasteiger partial charge in [-0.3, -0.25) is 0 Å². The van der Waals surface area contributed by atoms with Crippen LogP contribution in [0.5, 0.6) is 0 Å². The molecule has 1 heterocycles. The van der Waals surface area contributed by atoms with Crippen molar-refractivity contribution in [1.82, 2.24) is 0 Å². The van der Waals surface area contributed by atoms with Gasteiger partial charge in [-0.25, -0.2) is 14.4 Å². The van der Waals surface area contributed by atoms with Gasteiger partial charge in [0.1, 0.15) is 25.9 Å². The van der Waals surface area contributed by atoms with E-state index in [1.165, 1.54) is 13.8 Å². The molecule has 1 fully saturated rings. The number of carbonyl (C=O) groups is 3. The average molecular weight is 398 g/mol. The van der Waals surface area contributed by atoms with Crippen LogP contribution >= 0.6 is 0 Å². The largest absolute Gasteiger partial charge is 0.460 e. The van der Waals surface area contributed by atoms with Crippen molar-refractivity contribution in [2.45, 2.75) is 45.8 Å². The van der Waals surface area contributed by atoms with Crippen molar-refractivity contribution in [1.29, 1.82) is 0 Å². The Labute approximate surface area is 165 Å². The van der Waals surface area contributed by atoms with Gasteiger partial charge in [0, 0.05) is 23.3 Å². The van der Waals surface area contributed by atoms with Gasteiger partial charge in [-0.15, -0.1) is 0 Å². The zero-order valence-corrected chi connectivity index (χ0v) is 16.8. The maximum Gasteiger partial charge on any atom is 0.333 e. The quantitative estimate of drug-likeness (QED) is 0.356. The number of aliphatic hydroxyl groups excluding tert-OH is 1. The van der Waals surface area contributed by atoms with Crippen LogP contribution in [0.4, 0.5) is 0 Å².